The molecule has 3 aromatic carbocycles. The number of phenols is 1. The van der Waals surface area contributed by atoms with Gasteiger partial charge in [-0.25, -0.2) is 4.99 Å². The molecule has 4 aromatic rings. The minimum absolute atomic E-state index is 0.000311. The Hall–Kier alpha value is -4.10. The van der Waals surface area contributed by atoms with E-state index in [0.717, 1.165) is 41.0 Å². The van der Waals surface area contributed by atoms with Gasteiger partial charge in [0.05, 0.1) is 30.5 Å². The van der Waals surface area contributed by atoms with Crippen LogP contribution in [0.3, 0.4) is 0 Å². The summed E-state index contributed by atoms with van der Waals surface area (Å²) in [6, 6.07) is 21.1. The monoisotopic (exact) mass is 496 g/mol. The summed E-state index contributed by atoms with van der Waals surface area (Å²) in [5.74, 6) is 1.09. The minimum atomic E-state index is -0.332. The quantitative estimate of drug-likeness (QED) is 0.463. The van der Waals surface area contributed by atoms with Crippen LogP contribution in [-0.4, -0.2) is 23.9 Å². The van der Waals surface area contributed by atoms with Crippen LogP contribution in [0, 0.1) is 0 Å². The Bertz CT molecular complexity index is 1710. The van der Waals surface area contributed by atoms with E-state index in [1.54, 1.807) is 36.0 Å². The number of aromatic nitrogens is 1. The number of allylic oxidation sites excluding steroid dienone is 1. The van der Waals surface area contributed by atoms with E-state index >= 15 is 0 Å². The molecule has 0 saturated carbocycles. The third-order valence-corrected chi connectivity index (χ3v) is 7.83. The molecule has 6 nitrogen and oxygen atoms in total. The van der Waals surface area contributed by atoms with E-state index in [9.17, 15) is 9.90 Å². The normalized spacial score (nSPS) is 16.6. The predicted molar refractivity (Wildman–Crippen MR) is 140 cm³/mol. The largest absolute Gasteiger partial charge is 0.504 e. The Labute approximate surface area is 211 Å². The van der Waals surface area contributed by atoms with Gasteiger partial charge in [0.15, 0.2) is 16.3 Å². The number of aryl methyl sites for hydroxylation is 1. The van der Waals surface area contributed by atoms with Crippen LogP contribution in [0.15, 0.2) is 82.1 Å². The molecular formula is C29H24N2O4S. The first kappa shape index (κ1) is 22.4. The number of hydrogen-bond acceptors (Lipinski definition) is 6. The first-order valence-electron chi connectivity index (χ1n) is 11.7. The van der Waals surface area contributed by atoms with Gasteiger partial charge in [0.2, 0.25) is 0 Å². The fourth-order valence-corrected chi connectivity index (χ4v) is 6.14. The van der Waals surface area contributed by atoms with Crippen LogP contribution in [0.2, 0.25) is 0 Å². The summed E-state index contributed by atoms with van der Waals surface area (Å²) in [6.45, 7) is 0. The zero-order chi connectivity index (χ0) is 24.8. The number of rotatable bonds is 4. The molecule has 2 aliphatic rings. The molecule has 0 amide bonds. The average Bonchev–Trinajstić information content (AvgIpc) is 3.23. The van der Waals surface area contributed by atoms with Crippen molar-refractivity contribution in [2.45, 2.75) is 18.9 Å². The number of aromatic hydroxyl groups is 1. The van der Waals surface area contributed by atoms with Gasteiger partial charge in [-0.15, -0.1) is 0 Å². The van der Waals surface area contributed by atoms with Crippen molar-refractivity contribution in [1.82, 2.24) is 4.57 Å². The second kappa shape index (κ2) is 8.84. The summed E-state index contributed by atoms with van der Waals surface area (Å²) < 4.78 is 13.2. The number of para-hydroxylation sites is 2. The van der Waals surface area contributed by atoms with E-state index in [-0.39, 0.29) is 17.4 Å². The number of ether oxygens (including phenoxy) is 2. The summed E-state index contributed by atoms with van der Waals surface area (Å²) in [6.07, 6.45) is 3.40. The molecule has 1 aromatic heterocycles. The van der Waals surface area contributed by atoms with E-state index in [1.165, 1.54) is 24.0 Å². The summed E-state index contributed by atoms with van der Waals surface area (Å²) in [5.41, 5.74) is 5.72. The minimum Gasteiger partial charge on any atom is -0.504 e. The van der Waals surface area contributed by atoms with Crippen molar-refractivity contribution in [3.63, 3.8) is 0 Å². The van der Waals surface area contributed by atoms with E-state index < -0.39 is 0 Å². The van der Waals surface area contributed by atoms with Crippen molar-refractivity contribution in [2.75, 3.05) is 14.2 Å². The van der Waals surface area contributed by atoms with Gasteiger partial charge in [-0.2, -0.15) is 0 Å². The van der Waals surface area contributed by atoms with Crippen LogP contribution in [-0.2, 0) is 6.42 Å². The Balaban J connectivity index is 1.64. The van der Waals surface area contributed by atoms with Crippen molar-refractivity contribution in [1.29, 1.82) is 0 Å². The van der Waals surface area contributed by atoms with E-state index in [4.69, 9.17) is 14.5 Å². The van der Waals surface area contributed by atoms with Crippen LogP contribution < -0.4 is 24.4 Å². The van der Waals surface area contributed by atoms with Crippen LogP contribution >= 0.6 is 11.3 Å². The number of hydrogen-bond donors (Lipinski definition) is 1. The highest BCUT2D eigenvalue weighted by molar-refractivity contribution is 7.07. The van der Waals surface area contributed by atoms with E-state index in [1.807, 2.05) is 30.3 Å². The lowest BCUT2D eigenvalue weighted by atomic mass is 9.83. The lowest BCUT2D eigenvalue weighted by molar-refractivity contribution is 0.373. The molecule has 0 unspecified atom stereocenters. The van der Waals surface area contributed by atoms with Gasteiger partial charge in [0.1, 0.15) is 5.75 Å². The topological polar surface area (TPSA) is 73.1 Å². The number of nitrogens with zero attached hydrogens (tertiary/aromatic N) is 2. The van der Waals surface area contributed by atoms with Crippen molar-refractivity contribution in [2.24, 2.45) is 4.99 Å². The Morgan fingerprint density at radius 1 is 0.972 bits per heavy atom. The second-order valence-corrected chi connectivity index (χ2v) is 9.76. The highest BCUT2D eigenvalue weighted by Crippen LogP contribution is 2.43. The maximum absolute atomic E-state index is 13.9. The molecule has 0 radical (unpaired) electrons. The summed E-state index contributed by atoms with van der Waals surface area (Å²) in [4.78, 5) is 19.6. The van der Waals surface area contributed by atoms with Crippen LogP contribution in [0.25, 0.3) is 11.8 Å². The van der Waals surface area contributed by atoms with Crippen LogP contribution in [0.5, 0.6) is 17.2 Å². The molecule has 1 atom stereocenters. The Kier molecular flexibility index (Phi) is 5.49. The fraction of sp³-hybridized carbons (Fsp3) is 0.172. The average molecular weight is 497 g/mol. The zero-order valence-corrected chi connectivity index (χ0v) is 20.7. The van der Waals surface area contributed by atoms with Crippen molar-refractivity contribution < 1.29 is 14.6 Å². The number of phenolic OH excluding ortho intramolecular Hbond substituents is 1. The van der Waals surface area contributed by atoms with Crippen molar-refractivity contribution >= 4 is 23.1 Å². The third-order valence-electron chi connectivity index (χ3n) is 6.84. The first-order chi connectivity index (χ1) is 17.6. The molecule has 6 rings (SSSR count). The maximum Gasteiger partial charge on any atom is 0.271 e. The van der Waals surface area contributed by atoms with Crippen molar-refractivity contribution in [3.8, 4) is 17.2 Å². The van der Waals surface area contributed by atoms with Gasteiger partial charge in [0, 0.05) is 16.7 Å². The van der Waals surface area contributed by atoms with Gasteiger partial charge < -0.3 is 14.6 Å². The fourth-order valence-electron chi connectivity index (χ4n) is 5.15. The number of fused-ring (bicyclic) bond motifs is 3. The van der Waals surface area contributed by atoms with Gasteiger partial charge in [-0.3, -0.25) is 9.36 Å². The van der Waals surface area contributed by atoms with E-state index in [0.29, 0.717) is 20.6 Å². The molecule has 7 heteroatoms. The standard InChI is InChI=1S/C29H24N2O4S/c1-34-22-12-6-5-11-20(22)26-21-15-14-17-8-3-4-10-19(17)25(21)30-29-31(26)28(33)24(36-29)16-18-9-7-13-23(35-2)27(18)32/h3-13,16,26,32H,14-15H2,1-2H3/b24-16+/t26-/m1/s1. The predicted octanol–water partition coefficient (Wildman–Crippen LogP) is 4.04. The van der Waals surface area contributed by atoms with Gasteiger partial charge >= 0.3 is 0 Å². The van der Waals surface area contributed by atoms with Crippen LogP contribution in [0.4, 0.5) is 0 Å². The number of methoxy groups -OCH3 is 2. The molecule has 0 fully saturated rings. The molecular weight excluding hydrogens is 472 g/mol. The lowest BCUT2D eigenvalue weighted by Gasteiger charge is -2.31. The van der Waals surface area contributed by atoms with Gasteiger partial charge in [-0.1, -0.05) is 65.9 Å². The Morgan fingerprint density at radius 2 is 1.72 bits per heavy atom. The van der Waals surface area contributed by atoms with Gasteiger partial charge in [-0.05, 0) is 42.2 Å². The lowest BCUT2D eigenvalue weighted by Crippen LogP contribution is -2.39. The molecule has 1 N–H and O–H groups in total. The van der Waals surface area contributed by atoms with Crippen LogP contribution in [0.1, 0.15) is 34.7 Å². The van der Waals surface area contributed by atoms with E-state index in [2.05, 4.69) is 18.2 Å². The molecule has 1 aliphatic carbocycles. The SMILES string of the molecule is COc1ccccc1[C@@H]1C2=C(N=c3s/c(=C/c4cccc(OC)c4O)c(=O)n31)c1ccccc1CC2. The first-order valence-corrected chi connectivity index (χ1v) is 12.5. The smallest absolute Gasteiger partial charge is 0.271 e. The van der Waals surface area contributed by atoms with Gasteiger partial charge in [0.25, 0.3) is 5.56 Å². The molecule has 2 heterocycles. The summed E-state index contributed by atoms with van der Waals surface area (Å²) >= 11 is 1.32. The maximum atomic E-state index is 13.9. The second-order valence-electron chi connectivity index (χ2n) is 8.75. The highest BCUT2D eigenvalue weighted by Gasteiger charge is 2.34. The molecule has 1 aliphatic heterocycles. The summed E-state index contributed by atoms with van der Waals surface area (Å²) in [7, 11) is 3.15. The molecule has 180 valence electrons. The Morgan fingerprint density at radius 3 is 2.56 bits per heavy atom. The summed E-state index contributed by atoms with van der Waals surface area (Å²) in [5, 5.41) is 10.6. The molecule has 36 heavy (non-hydrogen) atoms. The molecule has 0 bridgehead atoms. The highest BCUT2D eigenvalue weighted by atomic mass is 32.1. The molecule has 0 saturated heterocycles. The molecule has 0 spiro atoms. The number of thiazole rings is 1. The zero-order valence-electron chi connectivity index (χ0n) is 19.9. The third kappa shape index (κ3) is 3.46. The van der Waals surface area contributed by atoms with Crippen molar-refractivity contribution in [3.05, 3.63) is 114 Å². The number of benzene rings is 3.